The molecule has 116 valence electrons. The molecule has 0 saturated carbocycles. The van der Waals surface area contributed by atoms with E-state index in [1.165, 1.54) is 18.2 Å². The molecule has 1 aliphatic heterocycles. The van der Waals surface area contributed by atoms with Crippen LogP contribution in [0.2, 0.25) is 0 Å². The van der Waals surface area contributed by atoms with Crippen molar-refractivity contribution < 1.29 is 22.7 Å². The third kappa shape index (κ3) is 4.63. The van der Waals surface area contributed by atoms with Crippen molar-refractivity contribution in [3.05, 3.63) is 29.8 Å². The molecule has 0 bridgehead atoms. The van der Waals surface area contributed by atoms with Crippen LogP contribution < -0.4 is 10.6 Å². The number of alkyl halides is 3. The maximum absolute atomic E-state index is 12.8. The number of hydrogen-bond donors (Lipinski definition) is 2. The number of carbonyl (C=O) groups is 1. The Bertz CT molecular complexity index is 485. The number of rotatable bonds is 3. The summed E-state index contributed by atoms with van der Waals surface area (Å²) in [4.78, 5) is 11.6. The van der Waals surface area contributed by atoms with Crippen molar-refractivity contribution in [2.75, 3.05) is 25.0 Å². The summed E-state index contributed by atoms with van der Waals surface area (Å²) in [6.07, 6.45) is -3.43. The molecular formula is C14H17F3N2O2. The molecule has 1 amide bonds. The number of anilines is 1. The first kappa shape index (κ1) is 15.6. The van der Waals surface area contributed by atoms with Gasteiger partial charge in [0.1, 0.15) is 0 Å². The molecule has 2 N–H and O–H groups in total. The zero-order valence-corrected chi connectivity index (χ0v) is 11.4. The predicted molar refractivity (Wildman–Crippen MR) is 72.0 cm³/mol. The average Bonchev–Trinajstić information content (AvgIpc) is 2.46. The van der Waals surface area contributed by atoms with Crippen molar-refractivity contribution in [2.24, 2.45) is 5.92 Å². The molecule has 21 heavy (non-hydrogen) atoms. The fourth-order valence-corrected chi connectivity index (χ4v) is 2.25. The molecule has 0 spiro atoms. The first-order valence-electron chi connectivity index (χ1n) is 6.77. The number of benzene rings is 1. The fraction of sp³-hybridized carbons (Fsp3) is 0.500. The number of carbonyl (C=O) groups excluding carboxylic acids is 1. The summed E-state index contributed by atoms with van der Waals surface area (Å²) in [6, 6.07) is 4.82. The third-order valence-corrected chi connectivity index (χ3v) is 3.32. The molecular weight excluding hydrogens is 285 g/mol. The van der Waals surface area contributed by atoms with E-state index in [0.717, 1.165) is 32.0 Å². The number of ether oxygens (including phenoxy) is 1. The molecule has 1 heterocycles. The molecule has 0 aromatic heterocycles. The number of para-hydroxylation sites is 1. The maximum atomic E-state index is 12.8. The van der Waals surface area contributed by atoms with E-state index in [2.05, 4.69) is 10.6 Å². The lowest BCUT2D eigenvalue weighted by Gasteiger charge is -2.22. The summed E-state index contributed by atoms with van der Waals surface area (Å²) in [5, 5.41) is 5.33. The molecule has 1 aromatic carbocycles. The van der Waals surface area contributed by atoms with Gasteiger partial charge in [-0.2, -0.15) is 13.2 Å². The highest BCUT2D eigenvalue weighted by Crippen LogP contribution is 2.34. The molecule has 4 nitrogen and oxygen atoms in total. The highest BCUT2D eigenvalue weighted by Gasteiger charge is 2.33. The second-order valence-corrected chi connectivity index (χ2v) is 4.98. The SMILES string of the molecule is O=C(Nc1ccccc1C(F)(F)F)OCC1CCCNC1. The van der Waals surface area contributed by atoms with Gasteiger partial charge in [-0.25, -0.2) is 4.79 Å². The predicted octanol–water partition coefficient (Wildman–Crippen LogP) is 3.25. The first-order chi connectivity index (χ1) is 9.97. The molecule has 0 aliphatic carbocycles. The van der Waals surface area contributed by atoms with E-state index in [1.807, 2.05) is 0 Å². The zero-order chi connectivity index (χ0) is 15.3. The Morgan fingerprint density at radius 3 is 2.81 bits per heavy atom. The number of amides is 1. The number of piperidine rings is 1. The van der Waals surface area contributed by atoms with Gasteiger partial charge in [0.05, 0.1) is 17.9 Å². The van der Waals surface area contributed by atoms with E-state index in [1.54, 1.807) is 0 Å². The molecule has 2 rings (SSSR count). The standard InChI is InChI=1S/C14H17F3N2O2/c15-14(16,17)11-5-1-2-6-12(11)19-13(20)21-9-10-4-3-7-18-8-10/h1-2,5-6,10,18H,3-4,7-9H2,(H,19,20). The molecule has 0 radical (unpaired) electrons. The van der Waals surface area contributed by atoms with Gasteiger partial charge in [0.2, 0.25) is 0 Å². The van der Waals surface area contributed by atoms with Crippen LogP contribution in [0, 0.1) is 5.92 Å². The van der Waals surface area contributed by atoms with E-state index >= 15 is 0 Å². The van der Waals surface area contributed by atoms with E-state index in [-0.39, 0.29) is 18.2 Å². The summed E-state index contributed by atoms with van der Waals surface area (Å²) < 4.78 is 43.3. The van der Waals surface area contributed by atoms with Crippen LogP contribution in [0.4, 0.5) is 23.7 Å². The topological polar surface area (TPSA) is 50.4 Å². The molecule has 1 unspecified atom stereocenters. The minimum atomic E-state index is -4.52. The molecule has 7 heteroatoms. The Balaban J connectivity index is 1.90. The van der Waals surface area contributed by atoms with Crippen LogP contribution in [0.3, 0.4) is 0 Å². The Morgan fingerprint density at radius 2 is 2.14 bits per heavy atom. The summed E-state index contributed by atoms with van der Waals surface area (Å²) in [6.45, 7) is 1.90. The van der Waals surface area contributed by atoms with Crippen molar-refractivity contribution in [3.8, 4) is 0 Å². The van der Waals surface area contributed by atoms with Crippen molar-refractivity contribution in [1.29, 1.82) is 0 Å². The highest BCUT2D eigenvalue weighted by molar-refractivity contribution is 5.85. The van der Waals surface area contributed by atoms with Crippen LogP contribution in [0.5, 0.6) is 0 Å². The fourth-order valence-electron chi connectivity index (χ4n) is 2.25. The summed E-state index contributed by atoms with van der Waals surface area (Å²) in [7, 11) is 0. The molecule has 1 aromatic rings. The smallest absolute Gasteiger partial charge is 0.418 e. The van der Waals surface area contributed by atoms with Crippen molar-refractivity contribution in [2.45, 2.75) is 19.0 Å². The number of hydrogen-bond acceptors (Lipinski definition) is 3. The second kappa shape index (κ2) is 6.80. The Kier molecular flexibility index (Phi) is 5.06. The molecule has 1 saturated heterocycles. The Hall–Kier alpha value is -1.76. The van der Waals surface area contributed by atoms with E-state index in [0.29, 0.717) is 0 Å². The molecule has 1 aliphatic rings. The van der Waals surface area contributed by atoms with Gasteiger partial charge in [-0.05, 0) is 31.5 Å². The van der Waals surface area contributed by atoms with E-state index in [4.69, 9.17) is 4.74 Å². The van der Waals surface area contributed by atoms with Crippen molar-refractivity contribution in [1.82, 2.24) is 5.32 Å². The van der Waals surface area contributed by atoms with Gasteiger partial charge < -0.3 is 10.1 Å². The molecule has 1 fully saturated rings. The normalized spacial score (nSPS) is 19.1. The summed E-state index contributed by atoms with van der Waals surface area (Å²) >= 11 is 0. The summed E-state index contributed by atoms with van der Waals surface area (Å²) in [5.41, 5.74) is -1.18. The van der Waals surface area contributed by atoms with Gasteiger partial charge in [0.25, 0.3) is 0 Å². The quantitative estimate of drug-likeness (QED) is 0.901. The lowest BCUT2D eigenvalue weighted by atomic mass is 10.0. The van der Waals surface area contributed by atoms with Crippen LogP contribution >= 0.6 is 0 Å². The van der Waals surface area contributed by atoms with Gasteiger partial charge in [-0.1, -0.05) is 12.1 Å². The maximum Gasteiger partial charge on any atom is 0.418 e. The van der Waals surface area contributed by atoms with E-state index in [9.17, 15) is 18.0 Å². The summed E-state index contributed by atoms with van der Waals surface area (Å²) in [5.74, 6) is 0.211. The van der Waals surface area contributed by atoms with E-state index < -0.39 is 17.8 Å². The largest absolute Gasteiger partial charge is 0.449 e. The van der Waals surface area contributed by atoms with Gasteiger partial charge in [-0.3, -0.25) is 5.32 Å². The first-order valence-corrected chi connectivity index (χ1v) is 6.77. The van der Waals surface area contributed by atoms with Gasteiger partial charge in [0.15, 0.2) is 0 Å². The van der Waals surface area contributed by atoms with Crippen LogP contribution in [0.25, 0.3) is 0 Å². The average molecular weight is 302 g/mol. The second-order valence-electron chi connectivity index (χ2n) is 4.98. The minimum absolute atomic E-state index is 0.201. The lowest BCUT2D eigenvalue weighted by Crippen LogP contribution is -2.33. The van der Waals surface area contributed by atoms with Crippen LogP contribution in [-0.4, -0.2) is 25.8 Å². The Morgan fingerprint density at radius 1 is 1.38 bits per heavy atom. The minimum Gasteiger partial charge on any atom is -0.449 e. The van der Waals surface area contributed by atoms with Crippen LogP contribution in [0.15, 0.2) is 24.3 Å². The van der Waals surface area contributed by atoms with Crippen molar-refractivity contribution >= 4 is 11.8 Å². The Labute approximate surface area is 120 Å². The zero-order valence-electron chi connectivity index (χ0n) is 11.4. The molecule has 1 atom stereocenters. The third-order valence-electron chi connectivity index (χ3n) is 3.32. The van der Waals surface area contributed by atoms with Crippen molar-refractivity contribution in [3.63, 3.8) is 0 Å². The van der Waals surface area contributed by atoms with Gasteiger partial charge >= 0.3 is 12.3 Å². The number of halogens is 3. The number of nitrogens with one attached hydrogen (secondary N) is 2. The van der Waals surface area contributed by atoms with Gasteiger partial charge in [-0.15, -0.1) is 0 Å². The van der Waals surface area contributed by atoms with Crippen LogP contribution in [-0.2, 0) is 10.9 Å². The lowest BCUT2D eigenvalue weighted by molar-refractivity contribution is -0.136. The van der Waals surface area contributed by atoms with Gasteiger partial charge in [0, 0.05) is 12.5 Å². The monoisotopic (exact) mass is 302 g/mol. The highest BCUT2D eigenvalue weighted by atomic mass is 19.4. The van der Waals surface area contributed by atoms with Crippen LogP contribution in [0.1, 0.15) is 18.4 Å².